The van der Waals surface area contributed by atoms with Gasteiger partial charge in [-0.3, -0.25) is 0 Å². The summed E-state index contributed by atoms with van der Waals surface area (Å²) in [5.41, 5.74) is 1.69. The number of carbonyl (C=O) groups excluding carboxylic acids is 1. The molecule has 3 rings (SSSR count). The van der Waals surface area contributed by atoms with Gasteiger partial charge in [0.25, 0.3) is 0 Å². The Morgan fingerprint density at radius 3 is 2.58 bits per heavy atom. The minimum Gasteiger partial charge on any atom is -0.482 e. The molecule has 26 heavy (non-hydrogen) atoms. The van der Waals surface area contributed by atoms with Crippen molar-refractivity contribution >= 4 is 16.9 Å². The van der Waals surface area contributed by atoms with Crippen molar-refractivity contribution in [2.24, 2.45) is 5.92 Å². The van der Waals surface area contributed by atoms with Gasteiger partial charge in [0.1, 0.15) is 11.3 Å². The van der Waals surface area contributed by atoms with Gasteiger partial charge in [0.15, 0.2) is 6.61 Å². The summed E-state index contributed by atoms with van der Waals surface area (Å²) < 4.78 is 15.8. The van der Waals surface area contributed by atoms with Crippen molar-refractivity contribution in [1.29, 1.82) is 0 Å². The Morgan fingerprint density at radius 2 is 1.85 bits per heavy atom. The summed E-state index contributed by atoms with van der Waals surface area (Å²) in [6.07, 6.45) is 0. The van der Waals surface area contributed by atoms with Gasteiger partial charge < -0.3 is 13.9 Å². The van der Waals surface area contributed by atoms with Crippen LogP contribution in [0.2, 0.25) is 0 Å². The molecular weight excluding hydrogens is 332 g/mol. The van der Waals surface area contributed by atoms with Crippen LogP contribution >= 0.6 is 0 Å². The molecule has 5 heteroatoms. The quantitative estimate of drug-likeness (QED) is 0.495. The highest BCUT2D eigenvalue weighted by Crippen LogP contribution is 2.29. The lowest BCUT2D eigenvalue weighted by molar-refractivity contribution is -0.147. The number of fused-ring (bicyclic) bond motifs is 1. The number of benzene rings is 2. The van der Waals surface area contributed by atoms with Gasteiger partial charge in [0.2, 0.25) is 0 Å². The molecule has 2 aromatic carbocycles. The molecule has 5 nitrogen and oxygen atoms in total. The van der Waals surface area contributed by atoms with Crippen molar-refractivity contribution < 1.29 is 18.7 Å². The molecule has 0 amide bonds. The molecule has 0 radical (unpaired) electrons. The summed E-state index contributed by atoms with van der Waals surface area (Å²) in [5, 5.41) is 0.797. The van der Waals surface area contributed by atoms with Gasteiger partial charge in [-0.15, -0.1) is 0 Å². The molecule has 0 unspecified atom stereocenters. The predicted octanol–water partition coefficient (Wildman–Crippen LogP) is 4.04. The van der Waals surface area contributed by atoms with Crippen molar-refractivity contribution in [2.45, 2.75) is 13.8 Å². The number of ether oxygens (including phenoxy) is 2. The predicted molar refractivity (Wildman–Crippen MR) is 99.2 cm³/mol. The average molecular weight is 352 g/mol. The number of hydrogen-bond donors (Lipinski definition) is 0. The van der Waals surface area contributed by atoms with E-state index in [1.54, 1.807) is 12.1 Å². The number of esters is 1. The Balaban J connectivity index is 1.83. The summed E-state index contributed by atoms with van der Waals surface area (Å²) >= 11 is 0. The van der Waals surface area contributed by atoms with E-state index in [4.69, 9.17) is 13.9 Å². The molecule has 0 aliphatic rings. The van der Waals surface area contributed by atoms with Crippen molar-refractivity contribution in [2.75, 3.05) is 13.2 Å². The van der Waals surface area contributed by atoms with Crippen LogP contribution in [0, 0.1) is 5.92 Å². The van der Waals surface area contributed by atoms with E-state index in [2.05, 4.69) is 0 Å². The Bertz CT molecular complexity index is 957. The van der Waals surface area contributed by atoms with Crippen LogP contribution in [0.1, 0.15) is 13.8 Å². The van der Waals surface area contributed by atoms with Crippen LogP contribution < -0.4 is 10.4 Å². The summed E-state index contributed by atoms with van der Waals surface area (Å²) in [6.45, 7) is 4.09. The van der Waals surface area contributed by atoms with E-state index in [0.717, 1.165) is 16.5 Å². The molecule has 0 aliphatic heterocycles. The van der Waals surface area contributed by atoms with Crippen molar-refractivity contribution in [1.82, 2.24) is 0 Å². The first-order valence-electron chi connectivity index (χ1n) is 8.44. The lowest BCUT2D eigenvalue weighted by atomic mass is 10.0. The lowest BCUT2D eigenvalue weighted by Gasteiger charge is -2.10. The summed E-state index contributed by atoms with van der Waals surface area (Å²) in [7, 11) is 0. The zero-order valence-corrected chi connectivity index (χ0v) is 14.7. The van der Waals surface area contributed by atoms with E-state index >= 15 is 0 Å². The second kappa shape index (κ2) is 7.87. The molecule has 1 heterocycles. The van der Waals surface area contributed by atoms with Crippen LogP contribution in [0.4, 0.5) is 0 Å². The highest BCUT2D eigenvalue weighted by Gasteiger charge is 2.10. The maximum atomic E-state index is 11.9. The third-order valence-electron chi connectivity index (χ3n) is 3.74. The lowest BCUT2D eigenvalue weighted by Crippen LogP contribution is -2.17. The molecule has 0 saturated carbocycles. The van der Waals surface area contributed by atoms with Crippen LogP contribution in [0.25, 0.3) is 22.1 Å². The fraction of sp³-hybridized carbons (Fsp3) is 0.238. The normalized spacial score (nSPS) is 10.9. The molecule has 3 aromatic rings. The maximum Gasteiger partial charge on any atom is 0.344 e. The monoisotopic (exact) mass is 352 g/mol. The van der Waals surface area contributed by atoms with Crippen molar-refractivity contribution in [3.8, 4) is 16.9 Å². The zero-order valence-electron chi connectivity index (χ0n) is 14.7. The van der Waals surface area contributed by atoms with Gasteiger partial charge in [-0.05, 0) is 29.2 Å². The fourth-order valence-electron chi connectivity index (χ4n) is 2.53. The highest BCUT2D eigenvalue weighted by molar-refractivity contribution is 5.93. The fourth-order valence-corrected chi connectivity index (χ4v) is 2.53. The van der Waals surface area contributed by atoms with Gasteiger partial charge in [-0.1, -0.05) is 44.2 Å². The molecule has 0 saturated heterocycles. The smallest absolute Gasteiger partial charge is 0.344 e. The number of carbonyl (C=O) groups is 1. The van der Waals surface area contributed by atoms with E-state index < -0.39 is 11.6 Å². The molecule has 0 aliphatic carbocycles. The summed E-state index contributed by atoms with van der Waals surface area (Å²) in [4.78, 5) is 23.6. The minimum absolute atomic E-state index is 0.194. The molecule has 1 aromatic heterocycles. The van der Waals surface area contributed by atoms with Gasteiger partial charge in [0.05, 0.1) is 6.61 Å². The third-order valence-corrected chi connectivity index (χ3v) is 3.74. The summed E-state index contributed by atoms with van der Waals surface area (Å²) in [6, 6.07) is 16.3. The Morgan fingerprint density at radius 1 is 1.08 bits per heavy atom. The maximum absolute atomic E-state index is 11.9. The van der Waals surface area contributed by atoms with Gasteiger partial charge in [-0.2, -0.15) is 0 Å². The van der Waals surface area contributed by atoms with Gasteiger partial charge in [0, 0.05) is 17.5 Å². The standard InChI is InChI=1S/C21H20O5/c1-14(2)12-25-21(23)13-24-16-8-9-17-18(15-6-4-3-5-7-15)11-20(22)26-19(17)10-16/h3-11,14H,12-13H2,1-2H3. The van der Waals surface area contributed by atoms with E-state index in [0.29, 0.717) is 17.9 Å². The Hall–Kier alpha value is -3.08. The second-order valence-corrected chi connectivity index (χ2v) is 6.37. The minimum atomic E-state index is -0.440. The van der Waals surface area contributed by atoms with Crippen LogP contribution in [-0.4, -0.2) is 19.2 Å². The van der Waals surface area contributed by atoms with Gasteiger partial charge >= 0.3 is 11.6 Å². The molecule has 134 valence electrons. The topological polar surface area (TPSA) is 65.7 Å². The van der Waals surface area contributed by atoms with E-state index in [-0.39, 0.29) is 12.5 Å². The molecule has 0 spiro atoms. The number of hydrogen-bond acceptors (Lipinski definition) is 5. The Kier molecular flexibility index (Phi) is 5.37. The van der Waals surface area contributed by atoms with Crippen LogP contribution in [0.5, 0.6) is 5.75 Å². The van der Waals surface area contributed by atoms with Crippen LogP contribution in [-0.2, 0) is 9.53 Å². The largest absolute Gasteiger partial charge is 0.482 e. The third kappa shape index (κ3) is 4.30. The molecular formula is C21H20O5. The van der Waals surface area contributed by atoms with Crippen molar-refractivity contribution in [3.63, 3.8) is 0 Å². The van der Waals surface area contributed by atoms with E-state index in [1.807, 2.05) is 50.2 Å². The second-order valence-electron chi connectivity index (χ2n) is 6.37. The Labute approximate surface area is 151 Å². The van der Waals surface area contributed by atoms with Crippen LogP contribution in [0.3, 0.4) is 0 Å². The summed E-state index contributed by atoms with van der Waals surface area (Å²) in [5.74, 6) is 0.274. The highest BCUT2D eigenvalue weighted by atomic mass is 16.6. The number of rotatable bonds is 6. The SMILES string of the molecule is CC(C)COC(=O)COc1ccc2c(-c3ccccc3)cc(=O)oc2c1. The molecule has 0 N–H and O–H groups in total. The molecule has 0 bridgehead atoms. The van der Waals surface area contributed by atoms with E-state index in [1.165, 1.54) is 6.07 Å². The first kappa shape index (κ1) is 17.7. The van der Waals surface area contributed by atoms with E-state index in [9.17, 15) is 9.59 Å². The van der Waals surface area contributed by atoms with Gasteiger partial charge in [-0.25, -0.2) is 9.59 Å². The first-order chi connectivity index (χ1) is 12.5. The average Bonchev–Trinajstić information content (AvgIpc) is 2.64. The van der Waals surface area contributed by atoms with Crippen LogP contribution in [0.15, 0.2) is 63.8 Å². The molecule has 0 atom stereocenters. The van der Waals surface area contributed by atoms with Crippen molar-refractivity contribution in [3.05, 3.63) is 65.0 Å². The zero-order chi connectivity index (χ0) is 18.5. The molecule has 0 fully saturated rings. The first-order valence-corrected chi connectivity index (χ1v) is 8.44.